The van der Waals surface area contributed by atoms with E-state index in [1.54, 1.807) is 28.4 Å². The number of alkyl halides is 1. The van der Waals surface area contributed by atoms with E-state index in [9.17, 15) is 9.18 Å². The van der Waals surface area contributed by atoms with Crippen molar-refractivity contribution in [3.8, 4) is 10.4 Å². The third-order valence-electron chi connectivity index (χ3n) is 5.65. The van der Waals surface area contributed by atoms with Crippen LogP contribution in [0.3, 0.4) is 0 Å². The molecule has 0 aliphatic carbocycles. The first kappa shape index (κ1) is 21.3. The number of thiophene rings is 1. The molecule has 1 saturated heterocycles. The van der Waals surface area contributed by atoms with Gasteiger partial charge in [-0.15, -0.1) is 11.3 Å². The zero-order valence-corrected chi connectivity index (χ0v) is 18.4. The predicted molar refractivity (Wildman–Crippen MR) is 126 cm³/mol. The molecule has 3 N–H and O–H groups in total. The molecule has 0 radical (unpaired) electrons. The molecule has 7 heteroatoms. The summed E-state index contributed by atoms with van der Waals surface area (Å²) >= 11 is 1.68. The molecule has 1 aromatic heterocycles. The summed E-state index contributed by atoms with van der Waals surface area (Å²) in [5, 5.41) is 5.41. The Morgan fingerprint density at radius 2 is 1.87 bits per heavy atom. The average molecular weight is 439 g/mol. The van der Waals surface area contributed by atoms with Gasteiger partial charge in [0.05, 0.1) is 11.4 Å². The van der Waals surface area contributed by atoms with Crippen molar-refractivity contribution in [2.24, 2.45) is 0 Å². The van der Waals surface area contributed by atoms with Crippen molar-refractivity contribution in [3.05, 3.63) is 71.1 Å². The summed E-state index contributed by atoms with van der Waals surface area (Å²) in [6, 6.07) is 17.2. The van der Waals surface area contributed by atoms with E-state index in [-0.39, 0.29) is 0 Å². The van der Waals surface area contributed by atoms with E-state index < -0.39 is 12.1 Å². The number of carbonyl (C=O) groups excluding carboxylic acids is 1. The quantitative estimate of drug-likeness (QED) is 0.560. The number of piperazine rings is 1. The first-order valence-electron chi connectivity index (χ1n) is 10.4. The number of nitrogens with zero attached hydrogens (tertiary/aromatic N) is 2. The number of likely N-dealkylation sites (N-methyl/N-ethyl adjacent to an activating group) is 1. The number of hydrogen-bond donors (Lipinski definition) is 2. The Morgan fingerprint density at radius 1 is 1.13 bits per heavy atom. The molecule has 2 heterocycles. The summed E-state index contributed by atoms with van der Waals surface area (Å²) in [6.45, 7) is 3.26. The fourth-order valence-corrected chi connectivity index (χ4v) is 4.36. The SMILES string of the molecule is CN1CCN(C(=O)C(F)c2ccc(CNc3cc(-c4cccs4)ccc3N)cc2)CC1. The smallest absolute Gasteiger partial charge is 0.261 e. The molecule has 0 bridgehead atoms. The van der Waals surface area contributed by atoms with Crippen LogP contribution in [0.15, 0.2) is 60.0 Å². The number of halogens is 1. The van der Waals surface area contributed by atoms with Crippen molar-refractivity contribution in [1.29, 1.82) is 0 Å². The highest BCUT2D eigenvalue weighted by atomic mass is 32.1. The summed E-state index contributed by atoms with van der Waals surface area (Å²) in [7, 11) is 2.01. The summed E-state index contributed by atoms with van der Waals surface area (Å²) in [6.07, 6.45) is -1.62. The van der Waals surface area contributed by atoms with Gasteiger partial charge in [0, 0.05) is 37.6 Å². The van der Waals surface area contributed by atoms with Crippen molar-refractivity contribution in [1.82, 2.24) is 9.80 Å². The van der Waals surface area contributed by atoms with E-state index >= 15 is 0 Å². The predicted octanol–water partition coefficient (Wildman–Crippen LogP) is 4.39. The largest absolute Gasteiger partial charge is 0.397 e. The zero-order valence-electron chi connectivity index (χ0n) is 17.6. The monoisotopic (exact) mass is 438 g/mol. The standard InChI is InChI=1S/C24H27FN4OS/c1-28-10-12-29(13-11-28)24(30)23(25)18-6-4-17(5-7-18)16-27-21-15-19(8-9-20(21)26)22-3-2-14-31-22/h2-9,14-15,23,27H,10-13,16,26H2,1H3. The molecule has 1 aliphatic rings. The summed E-state index contributed by atoms with van der Waals surface area (Å²) in [4.78, 5) is 17.4. The minimum atomic E-state index is -1.62. The van der Waals surface area contributed by atoms with Crippen LogP contribution in [-0.4, -0.2) is 48.9 Å². The van der Waals surface area contributed by atoms with Gasteiger partial charge < -0.3 is 20.9 Å². The van der Waals surface area contributed by atoms with Crippen molar-refractivity contribution in [2.45, 2.75) is 12.7 Å². The fraction of sp³-hybridized carbons (Fsp3) is 0.292. The summed E-state index contributed by atoms with van der Waals surface area (Å²) in [5.74, 6) is -0.447. The Bertz CT molecular complexity index is 1010. The number of rotatable bonds is 6. The van der Waals surface area contributed by atoms with Gasteiger partial charge in [0.25, 0.3) is 5.91 Å². The number of benzene rings is 2. The number of nitrogens with one attached hydrogen (secondary N) is 1. The average Bonchev–Trinajstić information content (AvgIpc) is 3.33. The second-order valence-electron chi connectivity index (χ2n) is 7.87. The fourth-order valence-electron chi connectivity index (χ4n) is 3.64. The molecule has 0 saturated carbocycles. The maximum atomic E-state index is 14.8. The van der Waals surface area contributed by atoms with E-state index in [1.165, 1.54) is 4.88 Å². The van der Waals surface area contributed by atoms with Crippen LogP contribution >= 0.6 is 11.3 Å². The molecular formula is C24H27FN4OS. The lowest BCUT2D eigenvalue weighted by molar-refractivity contribution is -0.138. The number of hydrogen-bond acceptors (Lipinski definition) is 5. The van der Waals surface area contributed by atoms with Gasteiger partial charge in [-0.3, -0.25) is 4.79 Å². The first-order chi connectivity index (χ1) is 15.0. The highest BCUT2D eigenvalue weighted by molar-refractivity contribution is 7.13. The van der Waals surface area contributed by atoms with Crippen molar-refractivity contribution in [3.63, 3.8) is 0 Å². The molecule has 1 aliphatic heterocycles. The maximum Gasteiger partial charge on any atom is 0.261 e. The molecular weight excluding hydrogens is 411 g/mol. The number of carbonyl (C=O) groups is 1. The second kappa shape index (κ2) is 9.49. The van der Waals surface area contributed by atoms with Crippen LogP contribution in [0.5, 0.6) is 0 Å². The number of nitrogen functional groups attached to an aromatic ring is 1. The number of anilines is 2. The van der Waals surface area contributed by atoms with Gasteiger partial charge in [-0.2, -0.15) is 0 Å². The van der Waals surface area contributed by atoms with Crippen molar-refractivity contribution < 1.29 is 9.18 Å². The minimum absolute atomic E-state index is 0.395. The molecule has 3 aromatic rings. The van der Waals surface area contributed by atoms with Crippen LogP contribution in [0.25, 0.3) is 10.4 Å². The van der Waals surface area contributed by atoms with E-state index in [2.05, 4.69) is 16.3 Å². The van der Waals surface area contributed by atoms with Crippen LogP contribution in [0.1, 0.15) is 17.3 Å². The number of nitrogens with two attached hydrogens (primary N) is 1. The minimum Gasteiger partial charge on any atom is -0.397 e. The number of amides is 1. The van der Waals surface area contributed by atoms with Crippen LogP contribution in [-0.2, 0) is 11.3 Å². The molecule has 4 rings (SSSR count). The third kappa shape index (κ3) is 5.06. The van der Waals surface area contributed by atoms with Gasteiger partial charge in [-0.1, -0.05) is 36.4 Å². The van der Waals surface area contributed by atoms with Crippen LogP contribution in [0.4, 0.5) is 15.8 Å². The molecule has 1 fully saturated rings. The van der Waals surface area contributed by atoms with E-state index in [4.69, 9.17) is 5.73 Å². The van der Waals surface area contributed by atoms with Gasteiger partial charge in [-0.05, 0) is 47.3 Å². The normalized spacial score (nSPS) is 15.6. The zero-order chi connectivity index (χ0) is 21.8. The van der Waals surface area contributed by atoms with Crippen LogP contribution in [0.2, 0.25) is 0 Å². The summed E-state index contributed by atoms with van der Waals surface area (Å²) in [5.41, 5.74) is 10.2. The Balaban J connectivity index is 1.38. The van der Waals surface area contributed by atoms with Gasteiger partial charge >= 0.3 is 0 Å². The van der Waals surface area contributed by atoms with Crippen molar-refractivity contribution >= 4 is 28.6 Å². The van der Waals surface area contributed by atoms with E-state index in [1.807, 2.05) is 48.8 Å². The van der Waals surface area contributed by atoms with E-state index in [0.29, 0.717) is 30.9 Å². The molecule has 2 aromatic carbocycles. The lowest BCUT2D eigenvalue weighted by Crippen LogP contribution is -2.48. The highest BCUT2D eigenvalue weighted by Crippen LogP contribution is 2.30. The highest BCUT2D eigenvalue weighted by Gasteiger charge is 2.27. The Morgan fingerprint density at radius 3 is 2.55 bits per heavy atom. The van der Waals surface area contributed by atoms with Gasteiger partial charge in [0.1, 0.15) is 0 Å². The Hall–Kier alpha value is -2.90. The van der Waals surface area contributed by atoms with E-state index in [0.717, 1.165) is 29.9 Å². The van der Waals surface area contributed by atoms with Crippen molar-refractivity contribution in [2.75, 3.05) is 44.3 Å². The topological polar surface area (TPSA) is 61.6 Å². The molecule has 1 amide bonds. The second-order valence-corrected chi connectivity index (χ2v) is 8.81. The molecule has 1 unspecified atom stereocenters. The molecule has 31 heavy (non-hydrogen) atoms. The molecule has 162 valence electrons. The summed E-state index contributed by atoms with van der Waals surface area (Å²) < 4.78 is 14.8. The van der Waals surface area contributed by atoms with Crippen LogP contribution < -0.4 is 11.1 Å². The Kier molecular flexibility index (Phi) is 6.53. The van der Waals surface area contributed by atoms with Gasteiger partial charge in [0.15, 0.2) is 0 Å². The van der Waals surface area contributed by atoms with Gasteiger partial charge in [0.2, 0.25) is 6.17 Å². The maximum absolute atomic E-state index is 14.8. The van der Waals surface area contributed by atoms with Crippen LogP contribution in [0, 0.1) is 0 Å². The molecule has 1 atom stereocenters. The molecule has 5 nitrogen and oxygen atoms in total. The lowest BCUT2D eigenvalue weighted by Gasteiger charge is -2.33. The first-order valence-corrected chi connectivity index (χ1v) is 11.3. The Labute approximate surface area is 186 Å². The lowest BCUT2D eigenvalue weighted by atomic mass is 10.1. The third-order valence-corrected chi connectivity index (χ3v) is 6.57. The van der Waals surface area contributed by atoms with Gasteiger partial charge in [-0.25, -0.2) is 4.39 Å². The molecule has 0 spiro atoms.